The Labute approximate surface area is 305 Å². The topological polar surface area (TPSA) is 17.1 Å². The van der Waals surface area contributed by atoms with Crippen LogP contribution in [0.3, 0.4) is 0 Å². The third-order valence-corrected chi connectivity index (χ3v) is 11.4. The van der Waals surface area contributed by atoms with Crippen molar-refractivity contribution in [2.75, 3.05) is 0 Å². The molecule has 0 saturated heterocycles. The van der Waals surface area contributed by atoms with Crippen LogP contribution in [-0.2, 0) is 10.2 Å². The first-order valence-electron chi connectivity index (χ1n) is 18.6. The molecule has 0 atom stereocenters. The Morgan fingerprint density at radius 2 is 1.32 bits per heavy atom. The van der Waals surface area contributed by atoms with Crippen LogP contribution in [0, 0.1) is 10.8 Å². The summed E-state index contributed by atoms with van der Waals surface area (Å²) in [5, 5.41) is 2.87. The summed E-state index contributed by atoms with van der Waals surface area (Å²) in [6.07, 6.45) is 15.8. The van der Waals surface area contributed by atoms with E-state index in [0.29, 0.717) is 5.92 Å². The number of ketones is 1. The number of Topliss-reactive ketones (excluding diaryl/α,β-unsaturated/α-hetero) is 1. The molecule has 0 N–H and O–H groups in total. The van der Waals surface area contributed by atoms with E-state index in [0.717, 1.165) is 29.6 Å². The number of allylic oxidation sites excluding steroid dienone is 9. The summed E-state index contributed by atoms with van der Waals surface area (Å²) in [4.78, 5) is 16.5. The van der Waals surface area contributed by atoms with E-state index < -0.39 is 0 Å². The number of hydrogen-bond acceptors (Lipinski definition) is 2. The van der Waals surface area contributed by atoms with Crippen molar-refractivity contribution < 1.29 is 4.79 Å². The van der Waals surface area contributed by atoms with Crippen LogP contribution < -0.4 is 10.4 Å². The molecule has 1 heterocycles. The molecular weight excluding hydrogens is 625 g/mol. The number of thiophene rings is 1. The van der Waals surface area contributed by atoms with Crippen LogP contribution in [0.15, 0.2) is 107 Å². The van der Waals surface area contributed by atoms with Crippen molar-refractivity contribution in [1.29, 1.82) is 0 Å². The highest BCUT2D eigenvalue weighted by molar-refractivity contribution is 7.14. The monoisotopic (exact) mass is 680 g/mol. The van der Waals surface area contributed by atoms with E-state index in [1.807, 2.05) is 11.3 Å². The standard InChI is InChI=1S/C48H56OS/c1-30(2)36-26-34(27-37(46(3,4)5)44(36)33-22-23-33)42(31-18-14-12-15-19-31)40-24-25-41(50-40)43(32-20-16-13-17-21-32)35-28-38(47(6,7)8)45(49)39(29-35)48(9,10)11/h12-14,16-18,20-21,24-30H,15,19,22-23H2,1-11H3/b42-34-. The van der Waals surface area contributed by atoms with Crippen LogP contribution in [0.4, 0.5) is 0 Å². The summed E-state index contributed by atoms with van der Waals surface area (Å²) in [7, 11) is 0. The zero-order valence-electron chi connectivity index (χ0n) is 32.3. The number of carbonyl (C=O) groups is 1. The first kappa shape index (κ1) is 36.1. The normalized spacial score (nSPS) is 17.5. The number of benzene rings is 2. The fourth-order valence-corrected chi connectivity index (χ4v) is 8.61. The quantitative estimate of drug-likeness (QED) is 0.262. The fourth-order valence-electron chi connectivity index (χ4n) is 7.41. The smallest absolute Gasteiger partial charge is 0.186 e. The molecule has 3 aliphatic carbocycles. The second-order valence-electron chi connectivity index (χ2n) is 17.8. The molecule has 260 valence electrons. The molecule has 1 nitrogen and oxygen atoms in total. The van der Waals surface area contributed by atoms with Crippen LogP contribution in [0.2, 0.25) is 0 Å². The van der Waals surface area contributed by atoms with Gasteiger partial charge in [0.2, 0.25) is 0 Å². The average Bonchev–Trinajstić information content (AvgIpc) is 3.78. The lowest BCUT2D eigenvalue weighted by atomic mass is 9.71. The molecule has 0 spiro atoms. The van der Waals surface area contributed by atoms with E-state index >= 15 is 0 Å². The Morgan fingerprint density at radius 3 is 1.82 bits per heavy atom. The maximum absolute atomic E-state index is 14.0. The first-order chi connectivity index (χ1) is 23.4. The molecule has 2 heteroatoms. The van der Waals surface area contributed by atoms with Crippen molar-refractivity contribution in [3.05, 3.63) is 144 Å². The van der Waals surface area contributed by atoms with Crippen LogP contribution in [0.5, 0.6) is 0 Å². The summed E-state index contributed by atoms with van der Waals surface area (Å²) in [6.45, 7) is 24.8. The maximum Gasteiger partial charge on any atom is 0.186 e. The van der Waals surface area contributed by atoms with Gasteiger partial charge in [-0.25, -0.2) is 0 Å². The Morgan fingerprint density at radius 1 is 0.720 bits per heavy atom. The van der Waals surface area contributed by atoms with E-state index in [4.69, 9.17) is 0 Å². The van der Waals surface area contributed by atoms with Gasteiger partial charge in [-0.05, 0) is 116 Å². The van der Waals surface area contributed by atoms with Crippen LogP contribution in [0.1, 0.15) is 134 Å². The molecule has 3 aromatic rings. The van der Waals surface area contributed by atoms with Crippen LogP contribution in [0.25, 0.3) is 16.7 Å². The highest BCUT2D eigenvalue weighted by atomic mass is 32.1. The molecule has 0 aliphatic heterocycles. The Bertz CT molecular complexity index is 2070. The minimum absolute atomic E-state index is 0.0364. The Balaban J connectivity index is 1.68. The van der Waals surface area contributed by atoms with Crippen molar-refractivity contribution in [3.63, 3.8) is 0 Å². The highest BCUT2D eigenvalue weighted by Gasteiger charge is 2.35. The number of rotatable bonds is 5. The van der Waals surface area contributed by atoms with Gasteiger partial charge < -0.3 is 0 Å². The summed E-state index contributed by atoms with van der Waals surface area (Å²) in [5.74, 6) is 0.611. The van der Waals surface area contributed by atoms with E-state index in [1.54, 1.807) is 5.57 Å². The molecule has 0 bridgehead atoms. The van der Waals surface area contributed by atoms with Crippen LogP contribution in [-0.4, -0.2) is 5.78 Å². The van der Waals surface area contributed by atoms with Gasteiger partial charge in [0.25, 0.3) is 0 Å². The number of hydrogen-bond donors (Lipinski definition) is 0. The average molecular weight is 681 g/mol. The van der Waals surface area contributed by atoms with E-state index in [1.165, 1.54) is 66.4 Å². The van der Waals surface area contributed by atoms with Crippen LogP contribution >= 0.6 is 11.3 Å². The summed E-state index contributed by atoms with van der Waals surface area (Å²) in [6, 6.07) is 20.5. The van der Waals surface area contributed by atoms with Gasteiger partial charge in [-0.15, -0.1) is 11.3 Å². The molecule has 0 unspecified atom stereocenters. The van der Waals surface area contributed by atoms with Crippen molar-refractivity contribution in [1.82, 2.24) is 0 Å². The van der Waals surface area contributed by atoms with Crippen molar-refractivity contribution in [3.8, 4) is 0 Å². The molecule has 3 aliphatic rings. The molecule has 1 fully saturated rings. The predicted octanol–water partition coefficient (Wildman–Crippen LogP) is 11.9. The molecule has 1 saturated carbocycles. The lowest BCUT2D eigenvalue weighted by Crippen LogP contribution is -2.30. The molecule has 2 aromatic carbocycles. The molecule has 0 radical (unpaired) electrons. The highest BCUT2D eigenvalue weighted by Crippen LogP contribution is 2.44. The fraction of sp³-hybridized carbons (Fsp3) is 0.396. The second kappa shape index (κ2) is 13.4. The lowest BCUT2D eigenvalue weighted by Gasteiger charge is -2.32. The third-order valence-electron chi connectivity index (χ3n) is 10.2. The molecular formula is C48H56OS. The SMILES string of the molecule is CC(C)c1c/c(=C(\C2=CC=CCC2)c2ccc(C(=C3C=C(C(C)(C)C)C(=O)C(C(C)(C)C)=C3)c3ccccc3)s2)cc(C(C)(C)C)c1=C1CC1. The second-order valence-corrected chi connectivity index (χ2v) is 18.9. The van der Waals surface area contributed by atoms with Gasteiger partial charge in [0.1, 0.15) is 0 Å². The van der Waals surface area contributed by atoms with Crippen molar-refractivity contribution in [2.24, 2.45) is 10.8 Å². The summed E-state index contributed by atoms with van der Waals surface area (Å²) >= 11 is 1.89. The minimum atomic E-state index is -0.277. The van der Waals surface area contributed by atoms with Gasteiger partial charge in [0.15, 0.2) is 5.78 Å². The zero-order chi connectivity index (χ0) is 36.2. The largest absolute Gasteiger partial charge is 0.289 e. The predicted molar refractivity (Wildman–Crippen MR) is 217 cm³/mol. The minimum Gasteiger partial charge on any atom is -0.289 e. The van der Waals surface area contributed by atoms with Gasteiger partial charge in [0.05, 0.1) is 0 Å². The first-order valence-corrected chi connectivity index (χ1v) is 19.4. The van der Waals surface area contributed by atoms with Gasteiger partial charge in [-0.3, -0.25) is 4.79 Å². The Kier molecular flexibility index (Phi) is 9.68. The Hall–Kier alpha value is -3.75. The van der Waals surface area contributed by atoms with Gasteiger partial charge >= 0.3 is 0 Å². The van der Waals surface area contributed by atoms with E-state index in [2.05, 4.69) is 161 Å². The van der Waals surface area contributed by atoms with Gasteiger partial charge in [-0.2, -0.15) is 0 Å². The molecule has 6 rings (SSSR count). The van der Waals surface area contributed by atoms with Gasteiger partial charge in [0, 0.05) is 32.0 Å². The number of carbonyl (C=O) groups excluding carboxylic acids is 1. The van der Waals surface area contributed by atoms with E-state index in [9.17, 15) is 4.79 Å². The molecule has 50 heavy (non-hydrogen) atoms. The lowest BCUT2D eigenvalue weighted by molar-refractivity contribution is -0.114. The molecule has 0 amide bonds. The van der Waals surface area contributed by atoms with Gasteiger partial charge in [-0.1, -0.05) is 136 Å². The zero-order valence-corrected chi connectivity index (χ0v) is 33.1. The summed E-state index contributed by atoms with van der Waals surface area (Å²) < 4.78 is 0. The third kappa shape index (κ3) is 7.33. The summed E-state index contributed by atoms with van der Waals surface area (Å²) in [5.41, 5.74) is 12.1. The van der Waals surface area contributed by atoms with E-state index in [-0.39, 0.29) is 22.0 Å². The van der Waals surface area contributed by atoms with Crippen molar-refractivity contribution in [2.45, 2.75) is 113 Å². The van der Waals surface area contributed by atoms with Crippen molar-refractivity contribution >= 4 is 33.8 Å². The molecule has 1 aromatic heterocycles. The maximum atomic E-state index is 14.0.